The number of hydrogen-bond acceptors (Lipinski definition) is 5. The van der Waals surface area contributed by atoms with Crippen LogP contribution in [0.5, 0.6) is 0 Å². The Balaban J connectivity index is 1.64. The van der Waals surface area contributed by atoms with E-state index in [1.54, 1.807) is 6.92 Å². The van der Waals surface area contributed by atoms with Crippen molar-refractivity contribution in [3.8, 4) is 0 Å². The molecule has 6 rings (SSSR count). The molecule has 3 aromatic rings. The maximum atomic E-state index is 12.5. The summed E-state index contributed by atoms with van der Waals surface area (Å²) in [5.74, 6) is -0.379. The summed E-state index contributed by atoms with van der Waals surface area (Å²) in [6.45, 7) is 4.23. The van der Waals surface area contributed by atoms with Crippen molar-refractivity contribution < 1.29 is 22.5 Å². The molecule has 2 atom stereocenters. The molecule has 0 N–H and O–H groups in total. The molecule has 0 spiro atoms. The predicted molar refractivity (Wildman–Crippen MR) is 131 cm³/mol. The van der Waals surface area contributed by atoms with Gasteiger partial charge in [0.25, 0.3) is 5.97 Å². The lowest BCUT2D eigenvalue weighted by Gasteiger charge is -2.48. The average molecular weight is 477 g/mol. The first-order valence-electron chi connectivity index (χ1n) is 11.8. The molecule has 3 fully saturated rings. The number of quaternary nitrogens is 1. The summed E-state index contributed by atoms with van der Waals surface area (Å²) < 4.78 is 26.1. The molecule has 2 bridgehead atoms. The summed E-state index contributed by atoms with van der Waals surface area (Å²) in [6, 6.07) is 30.6. The lowest BCUT2D eigenvalue weighted by molar-refractivity contribution is -0.156. The second kappa shape index (κ2) is 9.81. The van der Waals surface area contributed by atoms with Crippen LogP contribution < -0.4 is 4.48 Å². The molecule has 6 nitrogen and oxygen atoms in total. The standard InChI is InChI=1S/C27H30NO5Si/c1-2-27(29)33-34-30-19-18-28(24-16-10-5-11-17-24,20-25(31-34)22-12-6-3-7-13-22)21-26(32-34)23-14-8-4-9-15-23/h3-17,25-26H,2,18-21H2,1H3/q+1. The lowest BCUT2D eigenvalue weighted by atomic mass is 10.0. The Bertz CT molecular complexity index is 1040. The fourth-order valence-electron chi connectivity index (χ4n) is 4.81. The highest BCUT2D eigenvalue weighted by molar-refractivity contribution is 6.55. The Morgan fingerprint density at radius 1 is 0.853 bits per heavy atom. The van der Waals surface area contributed by atoms with E-state index in [0.29, 0.717) is 24.2 Å². The van der Waals surface area contributed by atoms with Gasteiger partial charge in [-0.2, -0.15) is 0 Å². The number of fused-ring (bicyclic) bond motifs is 6. The maximum absolute atomic E-state index is 12.5. The first kappa shape index (κ1) is 23.0. The van der Waals surface area contributed by atoms with Crippen molar-refractivity contribution in [3.63, 3.8) is 0 Å². The first-order chi connectivity index (χ1) is 16.6. The van der Waals surface area contributed by atoms with Crippen molar-refractivity contribution in [1.29, 1.82) is 0 Å². The Morgan fingerprint density at radius 2 is 1.35 bits per heavy atom. The first-order valence-corrected chi connectivity index (χ1v) is 13.5. The lowest BCUT2D eigenvalue weighted by Crippen LogP contribution is -2.66. The molecule has 0 amide bonds. The molecular weight excluding hydrogens is 446 g/mol. The normalized spacial score (nSPS) is 29.0. The highest BCUT2D eigenvalue weighted by Crippen LogP contribution is 2.41. The zero-order chi connectivity index (χ0) is 23.4. The Labute approximate surface area is 201 Å². The van der Waals surface area contributed by atoms with Crippen molar-refractivity contribution in [2.75, 3.05) is 26.2 Å². The summed E-state index contributed by atoms with van der Waals surface area (Å²) in [7, 11) is -3.80. The van der Waals surface area contributed by atoms with Crippen LogP contribution in [0.15, 0.2) is 91.0 Å². The minimum atomic E-state index is -3.80. The fourth-order valence-corrected chi connectivity index (χ4v) is 7.04. The predicted octanol–water partition coefficient (Wildman–Crippen LogP) is 4.94. The Kier molecular flexibility index (Phi) is 6.63. The van der Waals surface area contributed by atoms with Gasteiger partial charge >= 0.3 is 9.05 Å². The van der Waals surface area contributed by atoms with Gasteiger partial charge in [-0.1, -0.05) is 85.8 Å². The van der Waals surface area contributed by atoms with E-state index in [4.69, 9.17) is 17.7 Å². The van der Waals surface area contributed by atoms with Crippen LogP contribution in [-0.2, 0) is 22.5 Å². The molecule has 176 valence electrons. The SMILES string of the molecule is CCC(=O)O[Si]12OCC[N+](c3ccccc3)(CC(c3ccccc3)O1)CC(c1ccccc1)O2. The van der Waals surface area contributed by atoms with Crippen molar-refractivity contribution >= 4 is 20.7 Å². The summed E-state index contributed by atoms with van der Waals surface area (Å²) in [5.41, 5.74) is 3.21. The van der Waals surface area contributed by atoms with Gasteiger partial charge in [-0.15, -0.1) is 0 Å². The van der Waals surface area contributed by atoms with E-state index in [1.807, 2.05) is 66.7 Å². The van der Waals surface area contributed by atoms with Crippen LogP contribution in [0.3, 0.4) is 0 Å². The maximum Gasteiger partial charge on any atom is 0.753 e. The number of para-hydroxylation sites is 1. The molecule has 34 heavy (non-hydrogen) atoms. The molecule has 3 aliphatic rings. The third kappa shape index (κ3) is 4.71. The average Bonchev–Trinajstić information content (AvgIpc) is 2.86. The largest absolute Gasteiger partial charge is 0.753 e. The van der Waals surface area contributed by atoms with Crippen molar-refractivity contribution in [3.05, 3.63) is 102 Å². The number of rotatable bonds is 5. The second-order valence-corrected chi connectivity index (χ2v) is 10.7. The van der Waals surface area contributed by atoms with Gasteiger partial charge < -0.3 is 17.7 Å². The van der Waals surface area contributed by atoms with E-state index in [0.717, 1.165) is 17.7 Å². The molecule has 3 saturated heterocycles. The smallest absolute Gasteiger partial charge is 0.452 e. The Morgan fingerprint density at radius 3 is 1.85 bits per heavy atom. The Hall–Kier alpha value is -2.81. The van der Waals surface area contributed by atoms with Crippen LogP contribution in [0.2, 0.25) is 0 Å². The third-order valence-corrected chi connectivity index (χ3v) is 8.76. The van der Waals surface area contributed by atoms with Crippen LogP contribution in [0, 0.1) is 0 Å². The van der Waals surface area contributed by atoms with Gasteiger partial charge in [-0.05, 0) is 23.3 Å². The van der Waals surface area contributed by atoms with Crippen molar-refractivity contribution in [2.24, 2.45) is 0 Å². The molecule has 0 radical (unpaired) electrons. The van der Waals surface area contributed by atoms with Crippen molar-refractivity contribution in [2.45, 2.75) is 25.6 Å². The molecule has 0 aromatic heterocycles. The monoisotopic (exact) mass is 476 g/mol. The number of nitrogens with zero attached hydrogens (tertiary/aromatic N) is 1. The third-order valence-electron chi connectivity index (χ3n) is 6.58. The van der Waals surface area contributed by atoms with Gasteiger partial charge in [0.1, 0.15) is 37.5 Å². The molecule has 0 aliphatic carbocycles. The minimum absolute atomic E-state index is 0.223. The summed E-state index contributed by atoms with van der Waals surface area (Å²) in [4.78, 5) is 12.5. The highest BCUT2D eigenvalue weighted by Gasteiger charge is 2.60. The molecular formula is C27H30NO5Si+. The molecule has 3 heterocycles. The minimum Gasteiger partial charge on any atom is -0.452 e. The van der Waals surface area contributed by atoms with E-state index in [2.05, 4.69) is 24.3 Å². The van der Waals surface area contributed by atoms with E-state index >= 15 is 0 Å². The zero-order valence-corrected chi connectivity index (χ0v) is 20.3. The van der Waals surface area contributed by atoms with Gasteiger partial charge in [0.05, 0.1) is 6.61 Å². The molecule has 3 aliphatic heterocycles. The van der Waals surface area contributed by atoms with Gasteiger partial charge in [0.2, 0.25) is 0 Å². The quantitative estimate of drug-likeness (QED) is 0.386. The van der Waals surface area contributed by atoms with Gasteiger partial charge in [0, 0.05) is 6.42 Å². The summed E-state index contributed by atoms with van der Waals surface area (Å²) in [6.07, 6.45) is -0.481. The zero-order valence-electron chi connectivity index (χ0n) is 19.3. The number of carbonyl (C=O) groups is 1. The number of benzene rings is 3. The fraction of sp³-hybridized carbons (Fsp3) is 0.296. The van der Waals surface area contributed by atoms with E-state index in [-0.39, 0.29) is 24.6 Å². The van der Waals surface area contributed by atoms with E-state index in [9.17, 15) is 4.79 Å². The van der Waals surface area contributed by atoms with Crippen LogP contribution in [0.1, 0.15) is 36.7 Å². The van der Waals surface area contributed by atoms with Crippen LogP contribution in [0.4, 0.5) is 5.69 Å². The van der Waals surface area contributed by atoms with Crippen LogP contribution in [0.25, 0.3) is 0 Å². The number of carbonyl (C=O) groups excluding carboxylic acids is 1. The van der Waals surface area contributed by atoms with Gasteiger partial charge in [0.15, 0.2) is 0 Å². The topological polar surface area (TPSA) is 54.0 Å². The molecule has 2 unspecified atom stereocenters. The van der Waals surface area contributed by atoms with E-state index in [1.165, 1.54) is 5.69 Å². The van der Waals surface area contributed by atoms with Crippen LogP contribution in [-0.4, -0.2) is 41.3 Å². The highest BCUT2D eigenvalue weighted by atomic mass is 28.4. The van der Waals surface area contributed by atoms with Crippen molar-refractivity contribution in [1.82, 2.24) is 4.48 Å². The molecule has 7 heteroatoms. The second-order valence-electron chi connectivity index (χ2n) is 8.78. The van der Waals surface area contributed by atoms with E-state index < -0.39 is 9.05 Å². The van der Waals surface area contributed by atoms with Gasteiger partial charge in [-0.3, -0.25) is 9.28 Å². The van der Waals surface area contributed by atoms with Crippen LogP contribution >= 0.6 is 0 Å². The summed E-state index contributed by atoms with van der Waals surface area (Å²) >= 11 is 0. The molecule has 0 saturated carbocycles. The number of hydrogen-bond donors (Lipinski definition) is 0. The summed E-state index contributed by atoms with van der Waals surface area (Å²) in [5, 5.41) is 0. The van der Waals surface area contributed by atoms with Gasteiger partial charge in [-0.25, -0.2) is 0 Å². The molecule has 3 aromatic carbocycles.